The second-order valence-corrected chi connectivity index (χ2v) is 11.3. The average Bonchev–Trinajstić information content (AvgIpc) is 3.36. The first-order valence-electron chi connectivity index (χ1n) is 15.6. The molecule has 42 heavy (non-hydrogen) atoms. The van der Waals surface area contributed by atoms with Crippen molar-refractivity contribution < 1.29 is 18.7 Å². The number of piperazine rings is 1. The SMILES string of the molecule is CCCCCCCCCCCC(=O)N1CCN(C(=O)c2cc(-c3cccc(OC)c3)n(-c3ccccc3F)c2C)CC1. The Balaban J connectivity index is 1.38. The molecule has 1 aromatic heterocycles. The summed E-state index contributed by atoms with van der Waals surface area (Å²) in [6, 6.07) is 16.0. The number of carbonyl (C=O) groups excluding carboxylic acids is 2. The van der Waals surface area contributed by atoms with E-state index in [9.17, 15) is 9.59 Å². The molecule has 6 nitrogen and oxygen atoms in total. The molecule has 1 fully saturated rings. The number of hydrogen-bond donors (Lipinski definition) is 0. The van der Waals surface area contributed by atoms with Crippen LogP contribution in [0.25, 0.3) is 16.9 Å². The number of unbranched alkanes of at least 4 members (excludes halogenated alkanes) is 8. The van der Waals surface area contributed by atoms with Crippen molar-refractivity contribution in [2.45, 2.75) is 78.1 Å². The molecular formula is C35H46FN3O3. The predicted molar refractivity (Wildman–Crippen MR) is 167 cm³/mol. The molecule has 7 heteroatoms. The fourth-order valence-corrected chi connectivity index (χ4v) is 5.84. The highest BCUT2D eigenvalue weighted by Gasteiger charge is 2.28. The minimum Gasteiger partial charge on any atom is -0.497 e. The quantitative estimate of drug-likeness (QED) is 0.184. The van der Waals surface area contributed by atoms with Gasteiger partial charge in [0.25, 0.3) is 5.91 Å². The van der Waals surface area contributed by atoms with Gasteiger partial charge in [0.1, 0.15) is 11.6 Å². The van der Waals surface area contributed by atoms with Crippen molar-refractivity contribution in [1.82, 2.24) is 14.4 Å². The van der Waals surface area contributed by atoms with Crippen LogP contribution >= 0.6 is 0 Å². The molecule has 0 saturated carbocycles. The highest BCUT2D eigenvalue weighted by molar-refractivity contribution is 5.97. The molecule has 0 radical (unpaired) electrons. The standard InChI is InChI=1S/C35H46FN3O3/c1-4-5-6-7-8-9-10-11-12-20-34(40)37-21-23-38(24-22-37)35(41)30-26-33(28-16-15-17-29(25-28)42-3)39(27(30)2)32-19-14-13-18-31(32)36/h13-19,25-26H,4-12,20-24H2,1-3H3. The van der Waals surface area contributed by atoms with Crippen LogP contribution in [-0.2, 0) is 4.79 Å². The number of methoxy groups -OCH3 is 1. The first-order chi connectivity index (χ1) is 20.4. The van der Waals surface area contributed by atoms with Gasteiger partial charge in [0.2, 0.25) is 5.91 Å². The first-order valence-corrected chi connectivity index (χ1v) is 15.6. The van der Waals surface area contributed by atoms with Crippen LogP contribution in [0, 0.1) is 12.7 Å². The Morgan fingerprint density at radius 3 is 2.12 bits per heavy atom. The van der Waals surface area contributed by atoms with Gasteiger partial charge in [-0.3, -0.25) is 9.59 Å². The van der Waals surface area contributed by atoms with E-state index in [4.69, 9.17) is 4.74 Å². The lowest BCUT2D eigenvalue weighted by Crippen LogP contribution is -2.50. The molecule has 1 aliphatic rings. The summed E-state index contributed by atoms with van der Waals surface area (Å²) in [5.74, 6) is 0.408. The fourth-order valence-electron chi connectivity index (χ4n) is 5.84. The number of rotatable bonds is 14. The molecule has 0 unspecified atom stereocenters. The summed E-state index contributed by atoms with van der Waals surface area (Å²) >= 11 is 0. The Kier molecular flexibility index (Phi) is 11.6. The maximum absolute atomic E-state index is 15.0. The molecule has 2 amide bonds. The Labute approximate surface area is 250 Å². The summed E-state index contributed by atoms with van der Waals surface area (Å²) in [5, 5.41) is 0. The van der Waals surface area contributed by atoms with E-state index < -0.39 is 0 Å². The molecule has 0 aliphatic carbocycles. The van der Waals surface area contributed by atoms with Crippen molar-refractivity contribution in [1.29, 1.82) is 0 Å². The summed E-state index contributed by atoms with van der Waals surface area (Å²) in [7, 11) is 1.61. The Bertz CT molecular complexity index is 1330. The van der Waals surface area contributed by atoms with E-state index in [0.29, 0.717) is 55.3 Å². The van der Waals surface area contributed by atoms with Gasteiger partial charge in [-0.2, -0.15) is 0 Å². The van der Waals surface area contributed by atoms with Crippen molar-refractivity contribution in [3.63, 3.8) is 0 Å². The van der Waals surface area contributed by atoms with Crippen LogP contribution < -0.4 is 4.74 Å². The van der Waals surface area contributed by atoms with Crippen molar-refractivity contribution in [3.8, 4) is 22.7 Å². The Morgan fingerprint density at radius 2 is 1.45 bits per heavy atom. The normalized spacial score (nSPS) is 13.4. The molecular weight excluding hydrogens is 529 g/mol. The van der Waals surface area contributed by atoms with Gasteiger partial charge < -0.3 is 19.1 Å². The van der Waals surface area contributed by atoms with Gasteiger partial charge in [-0.15, -0.1) is 0 Å². The van der Waals surface area contributed by atoms with Gasteiger partial charge in [-0.25, -0.2) is 4.39 Å². The number of amides is 2. The van der Waals surface area contributed by atoms with Crippen LogP contribution in [-0.4, -0.2) is 59.5 Å². The van der Waals surface area contributed by atoms with Gasteiger partial charge in [-0.05, 0) is 43.7 Å². The van der Waals surface area contributed by atoms with E-state index in [1.165, 1.54) is 51.0 Å². The van der Waals surface area contributed by atoms with E-state index in [0.717, 1.165) is 24.1 Å². The zero-order valence-corrected chi connectivity index (χ0v) is 25.5. The number of aromatic nitrogens is 1. The van der Waals surface area contributed by atoms with Crippen LogP contribution in [0.3, 0.4) is 0 Å². The molecule has 2 aromatic carbocycles. The lowest BCUT2D eigenvalue weighted by molar-refractivity contribution is -0.132. The van der Waals surface area contributed by atoms with E-state index in [-0.39, 0.29) is 17.6 Å². The number of halogens is 1. The van der Waals surface area contributed by atoms with Crippen molar-refractivity contribution >= 4 is 11.8 Å². The van der Waals surface area contributed by atoms with Crippen LogP contribution in [0.5, 0.6) is 5.75 Å². The molecule has 226 valence electrons. The van der Waals surface area contributed by atoms with Gasteiger partial charge in [0.05, 0.1) is 24.1 Å². The third-order valence-electron chi connectivity index (χ3n) is 8.35. The van der Waals surface area contributed by atoms with E-state index in [1.54, 1.807) is 25.3 Å². The van der Waals surface area contributed by atoms with Crippen molar-refractivity contribution in [2.75, 3.05) is 33.3 Å². The molecule has 3 aromatic rings. The van der Waals surface area contributed by atoms with E-state index >= 15 is 4.39 Å². The third kappa shape index (κ3) is 7.81. The van der Waals surface area contributed by atoms with E-state index in [1.807, 2.05) is 51.6 Å². The van der Waals surface area contributed by atoms with Crippen LogP contribution in [0.15, 0.2) is 54.6 Å². The lowest BCUT2D eigenvalue weighted by atomic mass is 10.1. The van der Waals surface area contributed by atoms with Gasteiger partial charge >= 0.3 is 0 Å². The number of hydrogen-bond acceptors (Lipinski definition) is 3. The highest BCUT2D eigenvalue weighted by atomic mass is 19.1. The highest BCUT2D eigenvalue weighted by Crippen LogP contribution is 2.33. The summed E-state index contributed by atoms with van der Waals surface area (Å²) in [6.07, 6.45) is 11.6. The average molecular weight is 576 g/mol. The largest absolute Gasteiger partial charge is 0.497 e. The zero-order valence-electron chi connectivity index (χ0n) is 25.5. The van der Waals surface area contributed by atoms with Crippen molar-refractivity contribution in [2.24, 2.45) is 0 Å². The summed E-state index contributed by atoms with van der Waals surface area (Å²) < 4.78 is 22.2. The van der Waals surface area contributed by atoms with Crippen LogP contribution in [0.1, 0.15) is 87.2 Å². The topological polar surface area (TPSA) is 54.8 Å². The molecule has 4 rings (SSSR count). The maximum atomic E-state index is 15.0. The minimum absolute atomic E-state index is 0.0993. The number of nitrogens with zero attached hydrogens (tertiary/aromatic N) is 3. The number of ether oxygens (including phenoxy) is 1. The van der Waals surface area contributed by atoms with Gasteiger partial charge in [0, 0.05) is 43.9 Å². The molecule has 0 N–H and O–H groups in total. The molecule has 0 spiro atoms. The summed E-state index contributed by atoms with van der Waals surface area (Å²) in [5.41, 5.74) is 3.14. The Morgan fingerprint density at radius 1 is 0.810 bits per heavy atom. The van der Waals surface area contributed by atoms with Crippen molar-refractivity contribution in [3.05, 3.63) is 71.7 Å². The maximum Gasteiger partial charge on any atom is 0.255 e. The van der Waals surface area contributed by atoms with Gasteiger partial charge in [0.15, 0.2) is 0 Å². The minimum atomic E-state index is -0.363. The molecule has 1 aliphatic heterocycles. The molecule has 1 saturated heterocycles. The lowest BCUT2D eigenvalue weighted by Gasteiger charge is -2.35. The smallest absolute Gasteiger partial charge is 0.255 e. The predicted octanol–water partition coefficient (Wildman–Crippen LogP) is 7.81. The van der Waals surface area contributed by atoms with Gasteiger partial charge in [-0.1, -0.05) is 82.6 Å². The third-order valence-corrected chi connectivity index (χ3v) is 8.35. The fraction of sp³-hybridized carbons (Fsp3) is 0.486. The zero-order chi connectivity index (χ0) is 29.9. The summed E-state index contributed by atoms with van der Waals surface area (Å²) in [6.45, 7) is 6.15. The van der Waals surface area contributed by atoms with Crippen LogP contribution in [0.4, 0.5) is 4.39 Å². The number of para-hydroxylation sites is 1. The number of benzene rings is 2. The molecule has 2 heterocycles. The van der Waals surface area contributed by atoms with Crippen LogP contribution in [0.2, 0.25) is 0 Å². The summed E-state index contributed by atoms with van der Waals surface area (Å²) in [4.78, 5) is 30.3. The monoisotopic (exact) mass is 575 g/mol. The second kappa shape index (κ2) is 15.6. The van der Waals surface area contributed by atoms with E-state index in [2.05, 4.69) is 6.92 Å². The molecule has 0 bridgehead atoms. The first kappa shape index (κ1) is 31.3. The second-order valence-electron chi connectivity index (χ2n) is 11.3. The number of carbonyl (C=O) groups is 2. The Hall–Kier alpha value is -3.61. The molecule has 0 atom stereocenters.